The molecule has 2 aromatic rings. The van der Waals surface area contributed by atoms with Crippen LogP contribution in [0.5, 0.6) is 0 Å². The van der Waals surface area contributed by atoms with Gasteiger partial charge in [0.2, 0.25) is 0 Å². The van der Waals surface area contributed by atoms with E-state index in [9.17, 15) is 14.5 Å². The Morgan fingerprint density at radius 2 is 1.95 bits per heavy atom. The number of hydrogen-bond acceptors (Lipinski definition) is 5. The summed E-state index contributed by atoms with van der Waals surface area (Å²) in [6, 6.07) is 8.59. The molecule has 0 unspecified atom stereocenters. The van der Waals surface area contributed by atoms with Gasteiger partial charge in [-0.05, 0) is 34.1 Å². The molecule has 0 radical (unpaired) electrons. The third kappa shape index (κ3) is 3.03. The maximum absolute atomic E-state index is 13.7. The lowest BCUT2D eigenvalue weighted by Crippen LogP contribution is -2.07. The normalized spacial score (nSPS) is 10.2. The molecule has 6 nitrogen and oxygen atoms in total. The quantitative estimate of drug-likeness (QED) is 0.449. The molecule has 8 heteroatoms. The van der Waals surface area contributed by atoms with E-state index in [1.807, 2.05) is 0 Å². The van der Waals surface area contributed by atoms with Crippen molar-refractivity contribution in [2.24, 2.45) is 5.84 Å². The molecule has 0 spiro atoms. The predicted octanol–water partition coefficient (Wildman–Crippen LogP) is 3.53. The molecule has 2 aromatic carbocycles. The van der Waals surface area contributed by atoms with Crippen LogP contribution in [0.4, 0.5) is 27.1 Å². The Bertz CT molecular complexity index is 646. The highest BCUT2D eigenvalue weighted by Crippen LogP contribution is 2.31. The molecule has 0 aliphatic heterocycles. The summed E-state index contributed by atoms with van der Waals surface area (Å²) in [5.74, 6) is 4.78. The molecule has 0 heterocycles. The molecule has 104 valence electrons. The number of nitrogens with zero attached hydrogens (tertiary/aromatic N) is 1. The molecular weight excluding hydrogens is 331 g/mol. The molecule has 0 atom stereocenters. The lowest BCUT2D eigenvalue weighted by Gasteiger charge is -2.11. The number of anilines is 3. The first-order valence-corrected chi connectivity index (χ1v) is 6.27. The minimum absolute atomic E-state index is 0.157. The van der Waals surface area contributed by atoms with E-state index in [1.54, 1.807) is 12.1 Å². The van der Waals surface area contributed by atoms with Crippen LogP contribution in [0.25, 0.3) is 0 Å². The maximum Gasteiger partial charge on any atom is 0.273 e. The van der Waals surface area contributed by atoms with Crippen molar-refractivity contribution in [2.75, 3.05) is 10.7 Å². The Balaban J connectivity index is 2.43. The Kier molecular flexibility index (Phi) is 4.16. The van der Waals surface area contributed by atoms with Crippen molar-refractivity contribution in [1.82, 2.24) is 0 Å². The summed E-state index contributed by atoms with van der Waals surface area (Å²) in [7, 11) is 0. The number of hydrazine groups is 1. The van der Waals surface area contributed by atoms with Crippen molar-refractivity contribution >= 4 is 38.7 Å². The topological polar surface area (TPSA) is 93.2 Å². The van der Waals surface area contributed by atoms with Crippen molar-refractivity contribution in [3.8, 4) is 0 Å². The van der Waals surface area contributed by atoms with E-state index in [4.69, 9.17) is 5.84 Å². The van der Waals surface area contributed by atoms with Crippen molar-refractivity contribution in [3.05, 3.63) is 56.8 Å². The van der Waals surface area contributed by atoms with Crippen LogP contribution in [0.3, 0.4) is 0 Å². The number of nitrogen functional groups attached to an aromatic ring is 1. The van der Waals surface area contributed by atoms with Gasteiger partial charge in [0.15, 0.2) is 0 Å². The number of non-ortho nitro benzene ring substituents is 1. The second-order valence-electron chi connectivity index (χ2n) is 3.89. The summed E-state index contributed by atoms with van der Waals surface area (Å²) in [4.78, 5) is 10.3. The number of halogens is 2. The van der Waals surface area contributed by atoms with Crippen LogP contribution in [0.2, 0.25) is 0 Å². The van der Waals surface area contributed by atoms with E-state index in [0.29, 0.717) is 15.8 Å². The van der Waals surface area contributed by atoms with E-state index in [0.717, 1.165) is 0 Å². The van der Waals surface area contributed by atoms with Gasteiger partial charge >= 0.3 is 0 Å². The largest absolute Gasteiger partial charge is 0.352 e. The van der Waals surface area contributed by atoms with Gasteiger partial charge in [-0.25, -0.2) is 4.39 Å². The molecule has 0 fully saturated rings. The lowest BCUT2D eigenvalue weighted by atomic mass is 10.2. The van der Waals surface area contributed by atoms with Gasteiger partial charge in [0.05, 0.1) is 16.3 Å². The van der Waals surface area contributed by atoms with Crippen molar-refractivity contribution in [3.63, 3.8) is 0 Å². The summed E-state index contributed by atoms with van der Waals surface area (Å²) < 4.78 is 14.2. The van der Waals surface area contributed by atoms with E-state index in [2.05, 4.69) is 26.7 Å². The zero-order valence-corrected chi connectivity index (χ0v) is 11.6. The number of benzene rings is 2. The Morgan fingerprint density at radius 1 is 1.25 bits per heavy atom. The number of nitro benzene ring substituents is 1. The molecule has 20 heavy (non-hydrogen) atoms. The van der Waals surface area contributed by atoms with Crippen molar-refractivity contribution in [2.45, 2.75) is 0 Å². The van der Waals surface area contributed by atoms with Gasteiger partial charge in [0, 0.05) is 22.3 Å². The van der Waals surface area contributed by atoms with E-state index >= 15 is 0 Å². The predicted molar refractivity (Wildman–Crippen MR) is 78.3 cm³/mol. The van der Waals surface area contributed by atoms with Crippen LogP contribution in [0.1, 0.15) is 0 Å². The van der Waals surface area contributed by atoms with E-state index in [1.165, 1.54) is 24.3 Å². The summed E-state index contributed by atoms with van der Waals surface area (Å²) >= 11 is 3.21. The van der Waals surface area contributed by atoms with Crippen LogP contribution in [-0.2, 0) is 0 Å². The zero-order valence-electron chi connectivity index (χ0n) is 10.1. The average Bonchev–Trinajstić information content (AvgIpc) is 2.42. The molecule has 0 bridgehead atoms. The first kappa shape index (κ1) is 14.2. The molecule has 0 aliphatic rings. The molecule has 0 saturated carbocycles. The second-order valence-corrected chi connectivity index (χ2v) is 4.75. The summed E-state index contributed by atoms with van der Waals surface area (Å²) in [6.45, 7) is 0. The molecule has 0 amide bonds. The fourth-order valence-electron chi connectivity index (χ4n) is 1.63. The molecule has 4 N–H and O–H groups in total. The lowest BCUT2D eigenvalue weighted by molar-refractivity contribution is -0.384. The smallest absolute Gasteiger partial charge is 0.273 e. The number of nitro groups is 1. The van der Waals surface area contributed by atoms with Gasteiger partial charge in [-0.3, -0.25) is 16.0 Å². The summed E-state index contributed by atoms with van der Waals surface area (Å²) in [6.07, 6.45) is 0. The molecule has 0 saturated heterocycles. The zero-order chi connectivity index (χ0) is 14.7. The summed E-state index contributed by atoms with van der Waals surface area (Å²) in [5, 5.41) is 13.6. The SMILES string of the molecule is NNc1cc(Nc2c(F)cccc2Br)cc([N+](=O)[O-])c1. The van der Waals surface area contributed by atoms with Gasteiger partial charge in [-0.2, -0.15) is 0 Å². The van der Waals surface area contributed by atoms with Gasteiger partial charge < -0.3 is 10.7 Å². The third-order valence-electron chi connectivity index (χ3n) is 2.53. The number of para-hydroxylation sites is 1. The van der Waals surface area contributed by atoms with Crippen molar-refractivity contribution < 1.29 is 9.31 Å². The number of rotatable bonds is 4. The highest BCUT2D eigenvalue weighted by atomic mass is 79.9. The van der Waals surface area contributed by atoms with E-state index in [-0.39, 0.29) is 11.4 Å². The van der Waals surface area contributed by atoms with E-state index < -0.39 is 10.7 Å². The molecule has 2 rings (SSSR count). The Hall–Kier alpha value is -2.19. The van der Waals surface area contributed by atoms with Gasteiger partial charge in [-0.15, -0.1) is 0 Å². The Labute approximate surface area is 122 Å². The third-order valence-corrected chi connectivity index (χ3v) is 3.19. The highest BCUT2D eigenvalue weighted by Gasteiger charge is 2.12. The highest BCUT2D eigenvalue weighted by molar-refractivity contribution is 9.10. The van der Waals surface area contributed by atoms with Crippen LogP contribution < -0.4 is 16.6 Å². The van der Waals surface area contributed by atoms with Crippen LogP contribution in [-0.4, -0.2) is 4.92 Å². The first-order valence-electron chi connectivity index (χ1n) is 5.48. The minimum Gasteiger partial charge on any atom is -0.352 e. The van der Waals surface area contributed by atoms with Gasteiger partial charge in [0.25, 0.3) is 5.69 Å². The first-order chi connectivity index (χ1) is 9.51. The maximum atomic E-state index is 13.7. The monoisotopic (exact) mass is 340 g/mol. The van der Waals surface area contributed by atoms with Crippen LogP contribution in [0, 0.1) is 15.9 Å². The molecular formula is C12H10BrFN4O2. The minimum atomic E-state index is -0.553. The fraction of sp³-hybridized carbons (Fsp3) is 0. The average molecular weight is 341 g/mol. The van der Waals surface area contributed by atoms with Gasteiger partial charge in [-0.1, -0.05) is 6.07 Å². The number of nitrogens with two attached hydrogens (primary N) is 1. The van der Waals surface area contributed by atoms with Crippen LogP contribution in [0.15, 0.2) is 40.9 Å². The number of hydrogen-bond donors (Lipinski definition) is 3. The summed E-state index contributed by atoms with van der Waals surface area (Å²) in [5.41, 5.74) is 3.05. The standard InChI is InChI=1S/C12H10BrFN4O2/c13-10-2-1-3-11(14)12(10)16-7-4-8(17-15)6-9(5-7)18(19)20/h1-6,16-17H,15H2. The Morgan fingerprint density at radius 3 is 2.55 bits per heavy atom. The molecule has 0 aliphatic carbocycles. The van der Waals surface area contributed by atoms with Crippen LogP contribution >= 0.6 is 15.9 Å². The molecule has 0 aromatic heterocycles. The number of nitrogens with one attached hydrogen (secondary N) is 2. The van der Waals surface area contributed by atoms with Gasteiger partial charge in [0.1, 0.15) is 5.82 Å². The second kappa shape index (κ2) is 5.85. The fourth-order valence-corrected chi connectivity index (χ4v) is 2.07. The van der Waals surface area contributed by atoms with Crippen molar-refractivity contribution in [1.29, 1.82) is 0 Å².